The van der Waals surface area contributed by atoms with Gasteiger partial charge < -0.3 is 14.6 Å². The Morgan fingerprint density at radius 2 is 2.00 bits per heavy atom. The van der Waals surface area contributed by atoms with Gasteiger partial charge >= 0.3 is 0 Å². The second kappa shape index (κ2) is 6.86. The molecule has 1 saturated heterocycles. The van der Waals surface area contributed by atoms with E-state index in [9.17, 15) is 5.11 Å². The third-order valence-electron chi connectivity index (χ3n) is 8.30. The maximum atomic E-state index is 10.9. The molecule has 0 spiro atoms. The molecule has 1 N–H and O–H groups in total. The number of rotatable bonds is 2. The molecule has 3 aliphatic carbocycles. The SMILES string of the molecule is Cc1ccc2c(c1)C(O)CC1C2CCC2(C)C(OC3CCCCO3)CCC12. The summed E-state index contributed by atoms with van der Waals surface area (Å²) in [6, 6.07) is 6.74. The van der Waals surface area contributed by atoms with E-state index in [-0.39, 0.29) is 17.8 Å². The van der Waals surface area contributed by atoms with Crippen molar-refractivity contribution < 1.29 is 14.6 Å². The minimum Gasteiger partial charge on any atom is -0.388 e. The highest BCUT2D eigenvalue weighted by molar-refractivity contribution is 5.39. The summed E-state index contributed by atoms with van der Waals surface area (Å²) in [4.78, 5) is 0. The number of hydrogen-bond acceptors (Lipinski definition) is 3. The van der Waals surface area contributed by atoms with Crippen LogP contribution in [0.3, 0.4) is 0 Å². The number of aliphatic hydroxyl groups excluding tert-OH is 1. The average molecular weight is 371 g/mol. The minimum atomic E-state index is -0.301. The van der Waals surface area contributed by atoms with Gasteiger partial charge in [-0.25, -0.2) is 0 Å². The Labute approximate surface area is 163 Å². The van der Waals surface area contributed by atoms with Crippen LogP contribution in [0.25, 0.3) is 0 Å². The maximum Gasteiger partial charge on any atom is 0.157 e. The Balaban J connectivity index is 1.38. The van der Waals surface area contributed by atoms with Gasteiger partial charge in [-0.3, -0.25) is 0 Å². The smallest absolute Gasteiger partial charge is 0.157 e. The third-order valence-corrected chi connectivity index (χ3v) is 8.30. The first kappa shape index (κ1) is 18.1. The molecule has 1 heterocycles. The zero-order valence-corrected chi connectivity index (χ0v) is 16.8. The lowest BCUT2D eigenvalue weighted by atomic mass is 9.55. The van der Waals surface area contributed by atoms with Crippen LogP contribution in [0.4, 0.5) is 0 Å². The van der Waals surface area contributed by atoms with Crippen molar-refractivity contribution >= 4 is 0 Å². The molecule has 3 fully saturated rings. The quantitative estimate of drug-likeness (QED) is 0.772. The van der Waals surface area contributed by atoms with Gasteiger partial charge in [0.2, 0.25) is 0 Å². The second-order valence-corrected chi connectivity index (χ2v) is 9.80. The Bertz CT molecular complexity index is 695. The van der Waals surface area contributed by atoms with Crippen LogP contribution in [0.2, 0.25) is 0 Å². The van der Waals surface area contributed by atoms with Crippen LogP contribution in [0, 0.1) is 24.2 Å². The van der Waals surface area contributed by atoms with Gasteiger partial charge in [0, 0.05) is 6.61 Å². The number of hydrogen-bond donors (Lipinski definition) is 1. The molecule has 3 heteroatoms. The summed E-state index contributed by atoms with van der Waals surface area (Å²) in [5.74, 6) is 1.87. The van der Waals surface area contributed by atoms with Crippen LogP contribution in [-0.2, 0) is 9.47 Å². The van der Waals surface area contributed by atoms with E-state index in [4.69, 9.17) is 9.47 Å². The molecule has 2 saturated carbocycles. The monoisotopic (exact) mass is 370 g/mol. The van der Waals surface area contributed by atoms with Crippen molar-refractivity contribution in [3.63, 3.8) is 0 Å². The number of benzene rings is 1. The average Bonchev–Trinajstić information content (AvgIpc) is 3.00. The molecule has 1 aromatic rings. The van der Waals surface area contributed by atoms with E-state index in [2.05, 4.69) is 32.0 Å². The molecular weight excluding hydrogens is 336 g/mol. The van der Waals surface area contributed by atoms with Crippen molar-refractivity contribution in [1.29, 1.82) is 0 Å². The summed E-state index contributed by atoms with van der Waals surface area (Å²) in [6.07, 6.45) is 9.26. The van der Waals surface area contributed by atoms with E-state index < -0.39 is 0 Å². The highest BCUT2D eigenvalue weighted by Gasteiger charge is 2.56. The largest absolute Gasteiger partial charge is 0.388 e. The molecule has 5 rings (SSSR count). The number of aryl methyl sites for hydroxylation is 1. The first-order chi connectivity index (χ1) is 13.1. The molecule has 0 bridgehead atoms. The van der Waals surface area contributed by atoms with Crippen LogP contribution in [-0.4, -0.2) is 24.1 Å². The minimum absolute atomic E-state index is 0.0118. The lowest BCUT2D eigenvalue weighted by Crippen LogP contribution is -2.46. The van der Waals surface area contributed by atoms with E-state index in [1.807, 2.05) is 0 Å². The fourth-order valence-corrected chi connectivity index (χ4v) is 6.88. The van der Waals surface area contributed by atoms with Crippen LogP contribution in [0.1, 0.15) is 87.0 Å². The van der Waals surface area contributed by atoms with Crippen molar-refractivity contribution in [1.82, 2.24) is 0 Å². The predicted octanol–water partition coefficient (Wildman–Crippen LogP) is 5.25. The highest BCUT2D eigenvalue weighted by atomic mass is 16.7. The summed E-state index contributed by atoms with van der Waals surface area (Å²) < 4.78 is 12.4. The molecule has 148 valence electrons. The van der Waals surface area contributed by atoms with Gasteiger partial charge in [0.05, 0.1) is 12.2 Å². The standard InChI is InChI=1S/C24H34O3/c1-15-6-7-16-17-10-11-24(2)20(18(17)14-21(25)19(16)13-15)8-9-22(24)27-23-5-3-4-12-26-23/h6-7,13,17-18,20-23,25H,3-5,8-12,14H2,1-2H3. The Kier molecular flexibility index (Phi) is 4.61. The van der Waals surface area contributed by atoms with E-state index in [1.165, 1.54) is 48.8 Å². The molecule has 1 aromatic carbocycles. The Hall–Kier alpha value is -0.900. The van der Waals surface area contributed by atoms with Gasteiger partial charge in [-0.05, 0) is 92.6 Å². The molecule has 4 aliphatic rings. The molecule has 7 unspecified atom stereocenters. The number of ether oxygens (including phenoxy) is 2. The molecule has 0 amide bonds. The van der Waals surface area contributed by atoms with Crippen LogP contribution in [0.5, 0.6) is 0 Å². The summed E-state index contributed by atoms with van der Waals surface area (Å²) in [5, 5.41) is 10.9. The maximum absolute atomic E-state index is 10.9. The predicted molar refractivity (Wildman–Crippen MR) is 106 cm³/mol. The molecule has 3 nitrogen and oxygen atoms in total. The Morgan fingerprint density at radius 1 is 1.11 bits per heavy atom. The third kappa shape index (κ3) is 2.97. The van der Waals surface area contributed by atoms with Crippen molar-refractivity contribution in [2.24, 2.45) is 17.3 Å². The molecule has 1 aliphatic heterocycles. The van der Waals surface area contributed by atoms with Crippen molar-refractivity contribution in [2.45, 2.75) is 89.6 Å². The van der Waals surface area contributed by atoms with Gasteiger partial charge in [0.1, 0.15) is 0 Å². The van der Waals surface area contributed by atoms with Gasteiger partial charge in [-0.1, -0.05) is 30.7 Å². The van der Waals surface area contributed by atoms with Crippen molar-refractivity contribution in [2.75, 3.05) is 6.61 Å². The fourth-order valence-electron chi connectivity index (χ4n) is 6.88. The van der Waals surface area contributed by atoms with Crippen molar-refractivity contribution in [3.8, 4) is 0 Å². The first-order valence-corrected chi connectivity index (χ1v) is 11.1. The lowest BCUT2D eigenvalue weighted by Gasteiger charge is -2.51. The first-order valence-electron chi connectivity index (χ1n) is 11.1. The normalized spacial score (nSPS) is 43.7. The molecule has 7 atom stereocenters. The number of aliphatic hydroxyl groups is 1. The highest BCUT2D eigenvalue weighted by Crippen LogP contribution is 2.62. The molecule has 0 radical (unpaired) electrons. The molecule has 27 heavy (non-hydrogen) atoms. The van der Waals surface area contributed by atoms with Gasteiger partial charge in [-0.2, -0.15) is 0 Å². The van der Waals surface area contributed by atoms with Gasteiger partial charge in [0.15, 0.2) is 6.29 Å². The van der Waals surface area contributed by atoms with E-state index in [0.717, 1.165) is 25.9 Å². The molecular formula is C24H34O3. The molecule has 0 aromatic heterocycles. The zero-order valence-electron chi connectivity index (χ0n) is 16.8. The van der Waals surface area contributed by atoms with Gasteiger partial charge in [-0.15, -0.1) is 0 Å². The van der Waals surface area contributed by atoms with Crippen molar-refractivity contribution in [3.05, 3.63) is 34.9 Å². The summed E-state index contributed by atoms with van der Waals surface area (Å²) in [5.41, 5.74) is 4.12. The van der Waals surface area contributed by atoms with Crippen LogP contribution >= 0.6 is 0 Å². The fraction of sp³-hybridized carbons (Fsp3) is 0.750. The lowest BCUT2D eigenvalue weighted by molar-refractivity contribution is -0.213. The summed E-state index contributed by atoms with van der Waals surface area (Å²) in [7, 11) is 0. The van der Waals surface area contributed by atoms with E-state index >= 15 is 0 Å². The van der Waals surface area contributed by atoms with Crippen LogP contribution in [0.15, 0.2) is 18.2 Å². The second-order valence-electron chi connectivity index (χ2n) is 9.80. The number of fused-ring (bicyclic) bond motifs is 5. The van der Waals surface area contributed by atoms with E-state index in [0.29, 0.717) is 23.9 Å². The zero-order chi connectivity index (χ0) is 18.6. The van der Waals surface area contributed by atoms with Gasteiger partial charge in [0.25, 0.3) is 0 Å². The Morgan fingerprint density at radius 3 is 2.81 bits per heavy atom. The topological polar surface area (TPSA) is 38.7 Å². The summed E-state index contributed by atoms with van der Waals surface area (Å²) >= 11 is 0. The summed E-state index contributed by atoms with van der Waals surface area (Å²) in [6.45, 7) is 5.44. The van der Waals surface area contributed by atoms with E-state index in [1.54, 1.807) is 0 Å². The van der Waals surface area contributed by atoms with Crippen LogP contribution < -0.4 is 0 Å².